The summed E-state index contributed by atoms with van der Waals surface area (Å²) in [6.45, 7) is 9.85. The number of nitrogens with zero attached hydrogens (tertiary/aromatic N) is 5. The Morgan fingerprint density at radius 1 is 0.788 bits per heavy atom. The van der Waals surface area contributed by atoms with Crippen LogP contribution in [0.15, 0.2) is 47.7 Å². The van der Waals surface area contributed by atoms with E-state index in [0.29, 0.717) is 0 Å². The number of aromatic nitrogens is 3. The average Bonchev–Trinajstić information content (AvgIpc) is 3.27. The second-order valence-electron chi connectivity index (χ2n) is 9.30. The summed E-state index contributed by atoms with van der Waals surface area (Å²) in [4.78, 5) is 22.3. The van der Waals surface area contributed by atoms with Crippen LogP contribution in [0.5, 0.6) is 0 Å². The molecule has 7 nitrogen and oxygen atoms in total. The van der Waals surface area contributed by atoms with Gasteiger partial charge in [-0.1, -0.05) is 12.5 Å². The van der Waals surface area contributed by atoms with Crippen LogP contribution in [0.1, 0.15) is 25.7 Å². The second kappa shape index (κ2) is 10.6. The number of fused-ring (bicyclic) bond motifs is 1. The van der Waals surface area contributed by atoms with E-state index in [1.165, 1.54) is 32.4 Å². The van der Waals surface area contributed by atoms with Crippen LogP contribution in [-0.2, 0) is 17.8 Å². The maximum Gasteiger partial charge on any atom is 0.251 e. The molecule has 4 heterocycles. The molecule has 0 bridgehead atoms. The maximum atomic E-state index is 12.7. The molecule has 0 atom stereocenters. The summed E-state index contributed by atoms with van der Waals surface area (Å²) in [5, 5.41) is 0. The second-order valence-corrected chi connectivity index (χ2v) is 9.30. The molecule has 176 valence electrons. The molecule has 2 aromatic heterocycles. The molecular weight excluding hydrogens is 414 g/mol. The highest BCUT2D eigenvalue weighted by atomic mass is 16.5. The molecule has 0 amide bonds. The number of rotatable bonds is 8. The molecule has 2 aliphatic heterocycles. The van der Waals surface area contributed by atoms with Gasteiger partial charge in [0.2, 0.25) is 0 Å². The molecule has 2 saturated heterocycles. The summed E-state index contributed by atoms with van der Waals surface area (Å²) in [5.74, 6) is 0. The van der Waals surface area contributed by atoms with Crippen molar-refractivity contribution in [3.63, 3.8) is 0 Å². The highest BCUT2D eigenvalue weighted by Crippen LogP contribution is 2.23. The van der Waals surface area contributed by atoms with Crippen LogP contribution in [0.3, 0.4) is 0 Å². The lowest BCUT2D eigenvalue weighted by Gasteiger charge is -2.26. The first-order valence-corrected chi connectivity index (χ1v) is 12.4. The third-order valence-corrected chi connectivity index (χ3v) is 7.03. The van der Waals surface area contributed by atoms with Crippen molar-refractivity contribution in [2.24, 2.45) is 0 Å². The summed E-state index contributed by atoms with van der Waals surface area (Å²) >= 11 is 0. The van der Waals surface area contributed by atoms with Gasteiger partial charge in [0.05, 0.1) is 30.6 Å². The summed E-state index contributed by atoms with van der Waals surface area (Å²) in [5.41, 5.74) is 4.18. The van der Waals surface area contributed by atoms with Gasteiger partial charge in [-0.15, -0.1) is 0 Å². The van der Waals surface area contributed by atoms with E-state index >= 15 is 0 Å². The largest absolute Gasteiger partial charge is 0.379 e. The molecule has 0 N–H and O–H groups in total. The minimum Gasteiger partial charge on any atom is -0.379 e. The van der Waals surface area contributed by atoms with Crippen molar-refractivity contribution in [2.45, 2.75) is 38.8 Å². The van der Waals surface area contributed by atoms with Crippen LogP contribution in [0.25, 0.3) is 22.2 Å². The minimum absolute atomic E-state index is 0.0716. The van der Waals surface area contributed by atoms with Gasteiger partial charge in [-0.2, -0.15) is 0 Å². The average molecular weight is 450 g/mol. The molecule has 2 aliphatic rings. The van der Waals surface area contributed by atoms with Gasteiger partial charge in [0.1, 0.15) is 0 Å². The Kier molecular flexibility index (Phi) is 7.19. The van der Waals surface area contributed by atoms with E-state index in [9.17, 15) is 4.79 Å². The number of pyridine rings is 1. The highest BCUT2D eigenvalue weighted by Gasteiger charge is 2.12. The van der Waals surface area contributed by atoms with Gasteiger partial charge < -0.3 is 18.8 Å². The predicted octanol–water partition coefficient (Wildman–Crippen LogP) is 3.07. The van der Waals surface area contributed by atoms with E-state index in [1.54, 1.807) is 6.07 Å². The summed E-state index contributed by atoms with van der Waals surface area (Å²) in [6, 6.07) is 10.1. The Labute approximate surface area is 195 Å². The van der Waals surface area contributed by atoms with E-state index in [2.05, 4.69) is 43.6 Å². The third-order valence-electron chi connectivity index (χ3n) is 7.03. The van der Waals surface area contributed by atoms with Crippen molar-refractivity contribution in [3.05, 3.63) is 53.2 Å². The Morgan fingerprint density at radius 2 is 1.58 bits per heavy atom. The van der Waals surface area contributed by atoms with Crippen molar-refractivity contribution in [2.75, 3.05) is 52.5 Å². The van der Waals surface area contributed by atoms with Crippen LogP contribution < -0.4 is 5.56 Å². The lowest BCUT2D eigenvalue weighted by molar-refractivity contribution is 0.0365. The van der Waals surface area contributed by atoms with E-state index in [0.717, 1.165) is 81.1 Å². The standard InChI is InChI=1S/C26H35N5O2/c32-26-20-23(7-12-30(26)11-4-10-28-8-2-1-3-9-28)22-5-6-25-24(19-22)27-21-31(25)14-13-29-15-17-33-18-16-29/h5-7,12,19-21H,1-4,8-11,13-18H2. The van der Waals surface area contributed by atoms with Gasteiger partial charge in [0.15, 0.2) is 0 Å². The Balaban J connectivity index is 1.22. The molecular formula is C26H35N5O2. The predicted molar refractivity (Wildman–Crippen MR) is 132 cm³/mol. The molecule has 0 spiro atoms. The minimum atomic E-state index is 0.0716. The number of benzene rings is 1. The molecule has 2 fully saturated rings. The first-order chi connectivity index (χ1) is 16.3. The summed E-state index contributed by atoms with van der Waals surface area (Å²) in [7, 11) is 0. The zero-order chi connectivity index (χ0) is 22.5. The summed E-state index contributed by atoms with van der Waals surface area (Å²) in [6.07, 6.45) is 8.87. The lowest BCUT2D eigenvalue weighted by atomic mass is 10.1. The fourth-order valence-corrected chi connectivity index (χ4v) is 5.02. The number of ether oxygens (including phenoxy) is 1. The van der Waals surface area contributed by atoms with Gasteiger partial charge >= 0.3 is 0 Å². The number of imidazole rings is 1. The quantitative estimate of drug-likeness (QED) is 0.529. The highest BCUT2D eigenvalue weighted by molar-refractivity contribution is 5.82. The van der Waals surface area contributed by atoms with Crippen molar-refractivity contribution < 1.29 is 4.74 Å². The third kappa shape index (κ3) is 5.54. The van der Waals surface area contributed by atoms with Crippen LogP contribution in [-0.4, -0.2) is 76.4 Å². The van der Waals surface area contributed by atoms with E-state index in [1.807, 2.05) is 17.1 Å². The fraction of sp³-hybridized carbons (Fsp3) is 0.538. The topological polar surface area (TPSA) is 55.5 Å². The number of morpholine rings is 1. The number of aryl methyl sites for hydroxylation is 1. The molecule has 5 rings (SSSR count). The zero-order valence-corrected chi connectivity index (χ0v) is 19.5. The Morgan fingerprint density at radius 3 is 2.39 bits per heavy atom. The Hall–Kier alpha value is -2.48. The van der Waals surface area contributed by atoms with Crippen LogP contribution in [0.2, 0.25) is 0 Å². The van der Waals surface area contributed by atoms with Crippen molar-refractivity contribution in [1.82, 2.24) is 23.9 Å². The maximum absolute atomic E-state index is 12.7. The van der Waals surface area contributed by atoms with Crippen LogP contribution >= 0.6 is 0 Å². The normalized spacial score (nSPS) is 18.2. The number of hydrogen-bond acceptors (Lipinski definition) is 5. The van der Waals surface area contributed by atoms with Crippen LogP contribution in [0, 0.1) is 0 Å². The number of likely N-dealkylation sites (tertiary alicyclic amines) is 1. The molecule has 0 unspecified atom stereocenters. The number of hydrogen-bond donors (Lipinski definition) is 0. The Bertz CT molecular complexity index is 1110. The van der Waals surface area contributed by atoms with Crippen molar-refractivity contribution >= 4 is 11.0 Å². The monoisotopic (exact) mass is 449 g/mol. The summed E-state index contributed by atoms with van der Waals surface area (Å²) < 4.78 is 9.49. The van der Waals surface area contributed by atoms with Gasteiger partial charge in [0.25, 0.3) is 5.56 Å². The SMILES string of the molecule is O=c1cc(-c2ccc3c(c2)ncn3CCN2CCOCC2)ccn1CCCN1CCCCC1. The molecule has 3 aromatic rings. The first kappa shape index (κ1) is 22.3. The zero-order valence-electron chi connectivity index (χ0n) is 19.5. The molecule has 0 saturated carbocycles. The first-order valence-electron chi connectivity index (χ1n) is 12.4. The van der Waals surface area contributed by atoms with Gasteiger partial charge in [-0.25, -0.2) is 4.98 Å². The van der Waals surface area contributed by atoms with Crippen LogP contribution in [0.4, 0.5) is 0 Å². The van der Waals surface area contributed by atoms with Crippen molar-refractivity contribution in [1.29, 1.82) is 0 Å². The fourth-order valence-electron chi connectivity index (χ4n) is 5.02. The van der Waals surface area contributed by atoms with Crippen molar-refractivity contribution in [3.8, 4) is 11.1 Å². The van der Waals surface area contributed by atoms with Gasteiger partial charge in [-0.3, -0.25) is 9.69 Å². The van der Waals surface area contributed by atoms with Gasteiger partial charge in [0, 0.05) is 45.0 Å². The van der Waals surface area contributed by atoms with E-state index in [-0.39, 0.29) is 5.56 Å². The van der Waals surface area contributed by atoms with Gasteiger partial charge in [-0.05, 0) is 68.2 Å². The van der Waals surface area contributed by atoms with E-state index in [4.69, 9.17) is 4.74 Å². The molecule has 7 heteroatoms. The smallest absolute Gasteiger partial charge is 0.251 e. The molecule has 1 aromatic carbocycles. The molecule has 33 heavy (non-hydrogen) atoms. The lowest BCUT2D eigenvalue weighted by Crippen LogP contribution is -2.38. The van der Waals surface area contributed by atoms with E-state index < -0.39 is 0 Å². The molecule has 0 radical (unpaired) electrons. The molecule has 0 aliphatic carbocycles. The number of piperidine rings is 1.